The van der Waals surface area contributed by atoms with Crippen LogP contribution in [0.2, 0.25) is 0 Å². The fourth-order valence-corrected chi connectivity index (χ4v) is 4.82. The number of hydrogen-bond donors (Lipinski definition) is 0. The summed E-state index contributed by atoms with van der Waals surface area (Å²) in [5.41, 5.74) is 0. The molecule has 2 atom stereocenters. The van der Waals surface area contributed by atoms with Crippen LogP contribution in [-0.2, 0) is 19.4 Å². The molecule has 26 heavy (non-hydrogen) atoms. The molecule has 1 aliphatic rings. The molecule has 0 spiro atoms. The first-order valence-electron chi connectivity index (χ1n) is 10.4. The predicted octanol–water partition coefficient (Wildman–Crippen LogP) is 3.82. The van der Waals surface area contributed by atoms with Crippen molar-refractivity contribution in [2.75, 3.05) is 32.1 Å². The van der Waals surface area contributed by atoms with Gasteiger partial charge in [-0.3, -0.25) is 4.79 Å². The highest BCUT2D eigenvalue weighted by Gasteiger charge is 2.41. The number of carbonyl (C=O) groups excluding carboxylic acids is 1. The zero-order chi connectivity index (χ0) is 19.4. The lowest BCUT2D eigenvalue weighted by Crippen LogP contribution is -2.46. The second-order valence-electron chi connectivity index (χ2n) is 7.94. The Bertz CT molecular complexity index is 490. The van der Waals surface area contributed by atoms with E-state index in [-0.39, 0.29) is 29.5 Å². The van der Waals surface area contributed by atoms with Gasteiger partial charge in [0.25, 0.3) is 0 Å². The molecule has 0 radical (unpaired) electrons. The highest BCUT2D eigenvalue weighted by molar-refractivity contribution is 7.91. The number of sulfone groups is 1. The van der Waals surface area contributed by atoms with Crippen LogP contribution < -0.4 is 0 Å². The maximum Gasteiger partial charge on any atom is 0.313 e. The summed E-state index contributed by atoms with van der Waals surface area (Å²) in [4.78, 5) is 13.7. The molecule has 0 aromatic carbocycles. The summed E-state index contributed by atoms with van der Waals surface area (Å²) in [5.74, 6) is 0.135. The first-order chi connectivity index (χ1) is 12.4. The first-order valence-corrected chi connectivity index (χ1v) is 12.2. The second kappa shape index (κ2) is 12.7. The molecule has 154 valence electrons. The second-order valence-corrected chi connectivity index (χ2v) is 10.2. The average Bonchev–Trinajstić information content (AvgIpc) is 2.56. The number of rotatable bonds is 16. The van der Waals surface area contributed by atoms with Crippen LogP contribution in [0, 0.1) is 5.92 Å². The third-order valence-electron chi connectivity index (χ3n) is 5.16. The van der Waals surface area contributed by atoms with Crippen molar-refractivity contribution in [3.05, 3.63) is 0 Å². The van der Waals surface area contributed by atoms with Crippen LogP contribution in [0.5, 0.6) is 0 Å². The fourth-order valence-electron chi connectivity index (χ4n) is 3.46. The quantitative estimate of drug-likeness (QED) is 0.297. The Morgan fingerprint density at radius 2 is 1.50 bits per heavy atom. The molecular weight excluding hydrogens is 350 g/mol. The molecule has 0 N–H and O–H groups in total. The van der Waals surface area contributed by atoms with Gasteiger partial charge < -0.3 is 9.64 Å². The van der Waals surface area contributed by atoms with E-state index in [1.807, 2.05) is 19.0 Å². The van der Waals surface area contributed by atoms with Gasteiger partial charge in [0.2, 0.25) is 0 Å². The molecule has 6 heteroatoms. The normalized spacial score (nSPS) is 20.2. The van der Waals surface area contributed by atoms with E-state index in [4.69, 9.17) is 4.74 Å². The molecule has 1 saturated heterocycles. The van der Waals surface area contributed by atoms with E-state index in [9.17, 15) is 13.2 Å². The molecule has 0 aromatic rings. The average molecular weight is 390 g/mol. The number of hydrogen-bond acceptors (Lipinski definition) is 5. The van der Waals surface area contributed by atoms with Crippen LogP contribution in [0.3, 0.4) is 0 Å². The van der Waals surface area contributed by atoms with Gasteiger partial charge in [-0.05, 0) is 39.9 Å². The Hall–Kier alpha value is -0.620. The lowest BCUT2D eigenvalue weighted by molar-refractivity contribution is -0.185. The van der Waals surface area contributed by atoms with Crippen molar-refractivity contribution in [3.8, 4) is 0 Å². The van der Waals surface area contributed by atoms with E-state index in [0.29, 0.717) is 12.8 Å². The highest BCUT2D eigenvalue weighted by atomic mass is 32.2. The lowest BCUT2D eigenvalue weighted by Gasteiger charge is -2.35. The van der Waals surface area contributed by atoms with Gasteiger partial charge in [-0.2, -0.15) is 0 Å². The molecule has 0 bridgehead atoms. The van der Waals surface area contributed by atoms with Crippen molar-refractivity contribution in [2.24, 2.45) is 5.92 Å². The fraction of sp³-hybridized carbons (Fsp3) is 0.950. The number of esters is 1. The smallest absolute Gasteiger partial charge is 0.313 e. The Morgan fingerprint density at radius 3 is 2.08 bits per heavy atom. The molecule has 5 nitrogen and oxygen atoms in total. The monoisotopic (exact) mass is 389 g/mol. The van der Waals surface area contributed by atoms with Gasteiger partial charge in [0.15, 0.2) is 9.84 Å². The van der Waals surface area contributed by atoms with Gasteiger partial charge >= 0.3 is 5.97 Å². The van der Waals surface area contributed by atoms with Gasteiger partial charge in [0, 0.05) is 0 Å². The van der Waals surface area contributed by atoms with E-state index < -0.39 is 9.84 Å². The standard InChI is InChI=1S/C20H39NO4S/c1-4-5-6-7-8-9-10-11-13-18-19(25-20(18)22)14-17-26(23,24)16-12-15-21(2)3/h18-19H,4-17H2,1-3H3/t18-,19-/m1/s1. The third kappa shape index (κ3) is 9.91. The Kier molecular flexibility index (Phi) is 11.4. The summed E-state index contributed by atoms with van der Waals surface area (Å²) in [6.45, 7) is 3.00. The van der Waals surface area contributed by atoms with Crippen molar-refractivity contribution in [2.45, 2.75) is 83.7 Å². The third-order valence-corrected chi connectivity index (χ3v) is 6.93. The Balaban J connectivity index is 2.14. The number of nitrogens with zero attached hydrogens (tertiary/aromatic N) is 1. The predicted molar refractivity (Wildman–Crippen MR) is 107 cm³/mol. The van der Waals surface area contributed by atoms with Gasteiger partial charge in [-0.15, -0.1) is 0 Å². The van der Waals surface area contributed by atoms with Crippen LogP contribution in [0.1, 0.15) is 77.6 Å². The van der Waals surface area contributed by atoms with Crippen LogP contribution in [0.4, 0.5) is 0 Å². The molecule has 0 unspecified atom stereocenters. The molecule has 0 saturated carbocycles. The number of unbranched alkanes of at least 4 members (excludes halogenated alkanes) is 7. The summed E-state index contributed by atoms with van der Waals surface area (Å²) in [6.07, 6.45) is 11.7. The van der Waals surface area contributed by atoms with Crippen molar-refractivity contribution in [1.82, 2.24) is 4.90 Å². The van der Waals surface area contributed by atoms with Gasteiger partial charge in [0.1, 0.15) is 6.10 Å². The summed E-state index contributed by atoms with van der Waals surface area (Å²) in [5, 5.41) is 0. The molecular formula is C20H39NO4S. The molecule has 1 heterocycles. The molecule has 1 fully saturated rings. The zero-order valence-electron chi connectivity index (χ0n) is 17.0. The van der Waals surface area contributed by atoms with E-state index in [2.05, 4.69) is 6.92 Å². The van der Waals surface area contributed by atoms with Crippen molar-refractivity contribution in [1.29, 1.82) is 0 Å². The van der Waals surface area contributed by atoms with Crippen molar-refractivity contribution < 1.29 is 17.9 Å². The minimum absolute atomic E-state index is 0.0768. The molecule has 1 aliphatic heterocycles. The van der Waals surface area contributed by atoms with Gasteiger partial charge in [-0.1, -0.05) is 58.3 Å². The van der Waals surface area contributed by atoms with Crippen LogP contribution in [0.15, 0.2) is 0 Å². The summed E-state index contributed by atoms with van der Waals surface area (Å²) in [7, 11) is 0.834. The Labute approximate surface area is 160 Å². The summed E-state index contributed by atoms with van der Waals surface area (Å²) in [6, 6.07) is 0. The maximum absolute atomic E-state index is 12.1. The largest absolute Gasteiger partial charge is 0.461 e. The van der Waals surface area contributed by atoms with Gasteiger partial charge in [0.05, 0.1) is 17.4 Å². The molecule has 0 aliphatic carbocycles. The molecule has 0 aromatic heterocycles. The number of ether oxygens (including phenoxy) is 1. The highest BCUT2D eigenvalue weighted by Crippen LogP contribution is 2.30. The number of carbonyl (C=O) groups is 1. The van der Waals surface area contributed by atoms with Crippen molar-refractivity contribution in [3.63, 3.8) is 0 Å². The van der Waals surface area contributed by atoms with Crippen molar-refractivity contribution >= 4 is 15.8 Å². The van der Waals surface area contributed by atoms with E-state index >= 15 is 0 Å². The van der Waals surface area contributed by atoms with Gasteiger partial charge in [-0.25, -0.2) is 8.42 Å². The molecule has 1 rings (SSSR count). The SMILES string of the molecule is CCCCCCCCCC[C@H]1C(=O)O[C@@H]1CCS(=O)(=O)CCCN(C)C. The summed E-state index contributed by atoms with van der Waals surface area (Å²) >= 11 is 0. The maximum atomic E-state index is 12.1. The van der Waals surface area contributed by atoms with Crippen LogP contribution >= 0.6 is 0 Å². The van der Waals surface area contributed by atoms with E-state index in [1.165, 1.54) is 38.5 Å². The van der Waals surface area contributed by atoms with Crippen LogP contribution in [0.25, 0.3) is 0 Å². The minimum atomic E-state index is -3.05. The van der Waals surface area contributed by atoms with E-state index in [1.54, 1.807) is 0 Å². The minimum Gasteiger partial charge on any atom is -0.461 e. The molecule has 0 amide bonds. The topological polar surface area (TPSA) is 63.7 Å². The first kappa shape index (κ1) is 23.4. The Morgan fingerprint density at radius 1 is 0.885 bits per heavy atom. The zero-order valence-corrected chi connectivity index (χ0v) is 17.9. The summed E-state index contributed by atoms with van der Waals surface area (Å²) < 4.78 is 29.4. The van der Waals surface area contributed by atoms with Crippen LogP contribution in [-0.4, -0.2) is 57.5 Å². The number of cyclic esters (lactones) is 1. The van der Waals surface area contributed by atoms with E-state index in [0.717, 1.165) is 25.8 Å². The lowest BCUT2D eigenvalue weighted by atomic mass is 9.89.